The number of allylic oxidation sites excluding steroid dienone is 1. The normalized spacial score (nSPS) is 13.9. The van der Waals surface area contributed by atoms with E-state index in [1.807, 2.05) is 30.3 Å². The fourth-order valence-electron chi connectivity index (χ4n) is 2.77. The van der Waals surface area contributed by atoms with Gasteiger partial charge < -0.3 is 9.47 Å². The van der Waals surface area contributed by atoms with Crippen molar-refractivity contribution in [3.8, 4) is 11.5 Å². The van der Waals surface area contributed by atoms with Gasteiger partial charge in [-0.05, 0) is 64.0 Å². The van der Waals surface area contributed by atoms with Gasteiger partial charge in [-0.25, -0.2) is 4.79 Å². The van der Waals surface area contributed by atoms with Crippen molar-refractivity contribution in [2.24, 2.45) is 0 Å². The lowest BCUT2D eigenvalue weighted by Gasteiger charge is -2.06. The molecule has 0 aliphatic carbocycles. The summed E-state index contributed by atoms with van der Waals surface area (Å²) >= 11 is 6.74. The van der Waals surface area contributed by atoms with Gasteiger partial charge in [-0.2, -0.15) is 0 Å². The van der Waals surface area contributed by atoms with Crippen LogP contribution in [-0.2, 0) is 0 Å². The number of carbonyl (C=O) groups excluding carboxylic acids is 2. The summed E-state index contributed by atoms with van der Waals surface area (Å²) in [6.45, 7) is 0. The number of hydrogen-bond acceptors (Lipinski definition) is 4. The average Bonchev–Trinajstić information content (AvgIpc) is 2.97. The Labute approximate surface area is 178 Å². The smallest absolute Gasteiger partial charge is 0.344 e. The molecule has 1 aliphatic rings. The molecule has 0 aromatic heterocycles. The van der Waals surface area contributed by atoms with Gasteiger partial charge in [0.05, 0.1) is 11.1 Å². The van der Waals surface area contributed by atoms with Gasteiger partial charge in [0.25, 0.3) is 0 Å². The SMILES string of the molecule is O=C(Oc1ccc2c(c1)OC(=Cc1cccc(Br)c1)C2=O)c1ccccc1Br. The Kier molecular flexibility index (Phi) is 5.15. The molecule has 3 aromatic carbocycles. The zero-order valence-corrected chi connectivity index (χ0v) is 17.5. The van der Waals surface area contributed by atoms with E-state index in [-0.39, 0.29) is 11.5 Å². The molecule has 1 aliphatic heterocycles. The quantitative estimate of drug-likeness (QED) is 0.250. The van der Waals surface area contributed by atoms with Crippen LogP contribution in [0.15, 0.2) is 81.4 Å². The van der Waals surface area contributed by atoms with E-state index in [1.54, 1.807) is 42.5 Å². The van der Waals surface area contributed by atoms with Crippen LogP contribution in [0.4, 0.5) is 0 Å². The summed E-state index contributed by atoms with van der Waals surface area (Å²) in [6, 6.07) is 19.3. The number of Topliss-reactive ketones (excluding diaryl/α,β-unsaturated/α-hetero) is 1. The van der Waals surface area contributed by atoms with Crippen molar-refractivity contribution < 1.29 is 19.1 Å². The van der Waals surface area contributed by atoms with Gasteiger partial charge in [-0.3, -0.25) is 4.79 Å². The second-order valence-corrected chi connectivity index (χ2v) is 7.79. The van der Waals surface area contributed by atoms with Crippen LogP contribution in [0.2, 0.25) is 0 Å². The Hall–Kier alpha value is -2.70. The molecule has 138 valence electrons. The number of esters is 1. The number of halogens is 2. The van der Waals surface area contributed by atoms with Crippen LogP contribution < -0.4 is 9.47 Å². The lowest BCUT2D eigenvalue weighted by Crippen LogP contribution is -2.09. The first kappa shape index (κ1) is 18.7. The van der Waals surface area contributed by atoms with Gasteiger partial charge in [0, 0.05) is 15.0 Å². The number of carbonyl (C=O) groups is 2. The molecule has 0 spiro atoms. The molecular weight excluding hydrogens is 488 g/mol. The monoisotopic (exact) mass is 498 g/mol. The van der Waals surface area contributed by atoms with E-state index in [2.05, 4.69) is 31.9 Å². The Morgan fingerprint density at radius 2 is 1.79 bits per heavy atom. The summed E-state index contributed by atoms with van der Waals surface area (Å²) in [6.07, 6.45) is 1.68. The minimum atomic E-state index is -0.498. The van der Waals surface area contributed by atoms with Crippen molar-refractivity contribution in [2.45, 2.75) is 0 Å². The number of benzene rings is 3. The second-order valence-electron chi connectivity index (χ2n) is 6.02. The summed E-state index contributed by atoms with van der Waals surface area (Å²) in [5, 5.41) is 0. The molecular formula is C22H12Br2O4. The van der Waals surface area contributed by atoms with Crippen molar-refractivity contribution in [2.75, 3.05) is 0 Å². The molecule has 4 nitrogen and oxygen atoms in total. The zero-order chi connectivity index (χ0) is 19.7. The molecule has 0 saturated carbocycles. The molecule has 0 amide bonds. The Morgan fingerprint density at radius 3 is 2.57 bits per heavy atom. The molecule has 3 aromatic rings. The summed E-state index contributed by atoms with van der Waals surface area (Å²) in [5.41, 5.74) is 1.68. The molecule has 0 N–H and O–H groups in total. The fraction of sp³-hybridized carbons (Fsp3) is 0. The van der Waals surface area contributed by atoms with E-state index < -0.39 is 5.97 Å². The number of hydrogen-bond donors (Lipinski definition) is 0. The highest BCUT2D eigenvalue weighted by molar-refractivity contribution is 9.10. The Balaban J connectivity index is 1.57. The van der Waals surface area contributed by atoms with Crippen LogP contribution in [-0.4, -0.2) is 11.8 Å². The van der Waals surface area contributed by atoms with Gasteiger partial charge in [-0.15, -0.1) is 0 Å². The second kappa shape index (κ2) is 7.73. The molecule has 0 radical (unpaired) electrons. The lowest BCUT2D eigenvalue weighted by molar-refractivity contribution is 0.0733. The molecule has 6 heteroatoms. The highest BCUT2D eigenvalue weighted by atomic mass is 79.9. The maximum Gasteiger partial charge on any atom is 0.344 e. The van der Waals surface area contributed by atoms with E-state index in [9.17, 15) is 9.59 Å². The van der Waals surface area contributed by atoms with Crippen LogP contribution in [0.25, 0.3) is 6.08 Å². The van der Waals surface area contributed by atoms with Gasteiger partial charge in [0.1, 0.15) is 11.5 Å². The highest BCUT2D eigenvalue weighted by Gasteiger charge is 2.28. The van der Waals surface area contributed by atoms with Crippen molar-refractivity contribution in [3.05, 3.63) is 98.1 Å². The van der Waals surface area contributed by atoms with Crippen LogP contribution in [0.5, 0.6) is 11.5 Å². The topological polar surface area (TPSA) is 52.6 Å². The summed E-state index contributed by atoms with van der Waals surface area (Å²) in [7, 11) is 0. The van der Waals surface area contributed by atoms with Crippen molar-refractivity contribution >= 4 is 49.7 Å². The summed E-state index contributed by atoms with van der Waals surface area (Å²) in [4.78, 5) is 24.9. The predicted octanol–water partition coefficient (Wildman–Crippen LogP) is 6.05. The first-order valence-corrected chi connectivity index (χ1v) is 9.90. The Bertz CT molecular complexity index is 1130. The zero-order valence-electron chi connectivity index (χ0n) is 14.3. The molecule has 0 unspecified atom stereocenters. The molecule has 0 bridgehead atoms. The fourth-order valence-corrected chi connectivity index (χ4v) is 3.63. The van der Waals surface area contributed by atoms with E-state index in [4.69, 9.17) is 9.47 Å². The number of ketones is 1. The Morgan fingerprint density at radius 1 is 0.964 bits per heavy atom. The van der Waals surface area contributed by atoms with Gasteiger partial charge in [-0.1, -0.05) is 40.2 Å². The van der Waals surface area contributed by atoms with Crippen molar-refractivity contribution in [1.29, 1.82) is 0 Å². The van der Waals surface area contributed by atoms with Crippen LogP contribution in [0.3, 0.4) is 0 Å². The van der Waals surface area contributed by atoms with E-state index in [0.717, 1.165) is 10.0 Å². The predicted molar refractivity (Wildman–Crippen MR) is 113 cm³/mol. The van der Waals surface area contributed by atoms with Crippen molar-refractivity contribution in [1.82, 2.24) is 0 Å². The third-order valence-electron chi connectivity index (χ3n) is 4.09. The van der Waals surface area contributed by atoms with Crippen LogP contribution >= 0.6 is 31.9 Å². The van der Waals surface area contributed by atoms with Gasteiger partial charge >= 0.3 is 5.97 Å². The molecule has 1 heterocycles. The highest BCUT2D eigenvalue weighted by Crippen LogP contribution is 2.35. The lowest BCUT2D eigenvalue weighted by atomic mass is 10.1. The molecule has 0 atom stereocenters. The van der Waals surface area contributed by atoms with Gasteiger partial charge in [0.15, 0.2) is 5.76 Å². The standard InChI is InChI=1S/C22H12Br2O4/c23-14-5-3-4-13(10-14)11-20-21(25)17-9-8-15(12-19(17)28-20)27-22(26)16-6-1-2-7-18(16)24/h1-12H. The summed E-state index contributed by atoms with van der Waals surface area (Å²) < 4.78 is 12.7. The number of fused-ring (bicyclic) bond motifs is 1. The van der Waals surface area contributed by atoms with E-state index in [0.29, 0.717) is 27.1 Å². The van der Waals surface area contributed by atoms with E-state index >= 15 is 0 Å². The summed E-state index contributed by atoms with van der Waals surface area (Å²) in [5.74, 6) is 0.183. The molecule has 4 rings (SSSR count). The average molecular weight is 500 g/mol. The maximum absolute atomic E-state index is 12.6. The molecule has 0 fully saturated rings. The van der Waals surface area contributed by atoms with Crippen LogP contribution in [0.1, 0.15) is 26.3 Å². The number of ether oxygens (including phenoxy) is 2. The largest absolute Gasteiger partial charge is 0.452 e. The van der Waals surface area contributed by atoms with E-state index in [1.165, 1.54) is 0 Å². The third-order valence-corrected chi connectivity index (χ3v) is 5.28. The van der Waals surface area contributed by atoms with Crippen molar-refractivity contribution in [3.63, 3.8) is 0 Å². The maximum atomic E-state index is 12.6. The van der Waals surface area contributed by atoms with Gasteiger partial charge in [0.2, 0.25) is 5.78 Å². The third kappa shape index (κ3) is 3.79. The first-order valence-electron chi connectivity index (χ1n) is 8.32. The van der Waals surface area contributed by atoms with Crippen LogP contribution in [0, 0.1) is 0 Å². The minimum Gasteiger partial charge on any atom is -0.452 e. The first-order chi connectivity index (χ1) is 13.5. The molecule has 28 heavy (non-hydrogen) atoms. The molecule has 0 saturated heterocycles. The number of rotatable bonds is 3. The minimum absolute atomic E-state index is 0.210.